The van der Waals surface area contributed by atoms with E-state index in [1.54, 1.807) is 0 Å². The van der Waals surface area contributed by atoms with Crippen molar-refractivity contribution >= 4 is 0 Å². The van der Waals surface area contributed by atoms with Crippen LogP contribution in [-0.2, 0) is 0 Å². The molecule has 0 amide bonds. The fraction of sp³-hybridized carbons (Fsp3) is 0.750. The van der Waals surface area contributed by atoms with Gasteiger partial charge in [-0.15, -0.1) is 0 Å². The predicted octanol–water partition coefficient (Wildman–Crippen LogP) is 5.36. The molecule has 0 saturated carbocycles. The lowest BCUT2D eigenvalue weighted by atomic mass is 9.75. The quantitative estimate of drug-likeness (QED) is 0.559. The van der Waals surface area contributed by atoms with Crippen LogP contribution in [0.3, 0.4) is 0 Å². The second kappa shape index (κ2) is 6.27. The summed E-state index contributed by atoms with van der Waals surface area (Å²) in [7, 11) is 0. The lowest BCUT2D eigenvalue weighted by Gasteiger charge is -2.30. The minimum Gasteiger partial charge on any atom is -0.0874 e. The van der Waals surface area contributed by atoms with Gasteiger partial charge in [0.05, 0.1) is 0 Å². The van der Waals surface area contributed by atoms with Gasteiger partial charge in [-0.2, -0.15) is 0 Å². The molecule has 2 atom stereocenters. The molecule has 0 aromatic heterocycles. The Bertz CT molecular complexity index is 243. The van der Waals surface area contributed by atoms with Crippen LogP contribution in [0.25, 0.3) is 0 Å². The van der Waals surface area contributed by atoms with Crippen molar-refractivity contribution < 1.29 is 0 Å². The largest absolute Gasteiger partial charge is 0.0874 e. The molecule has 16 heavy (non-hydrogen) atoms. The van der Waals surface area contributed by atoms with Crippen LogP contribution >= 0.6 is 0 Å². The molecular formula is C16H28. The summed E-state index contributed by atoms with van der Waals surface area (Å²) in [6, 6.07) is 0. The highest BCUT2D eigenvalue weighted by molar-refractivity contribution is 5.14. The van der Waals surface area contributed by atoms with Gasteiger partial charge in [-0.1, -0.05) is 58.4 Å². The molecule has 0 aliphatic heterocycles. The van der Waals surface area contributed by atoms with Crippen LogP contribution in [0.1, 0.15) is 59.8 Å². The summed E-state index contributed by atoms with van der Waals surface area (Å²) in [5, 5.41) is 0. The molecule has 0 aromatic carbocycles. The number of hydrogen-bond donors (Lipinski definition) is 0. The Balaban J connectivity index is 2.88. The van der Waals surface area contributed by atoms with E-state index in [9.17, 15) is 0 Å². The van der Waals surface area contributed by atoms with Crippen molar-refractivity contribution in [1.82, 2.24) is 0 Å². The average molecular weight is 220 g/mol. The molecule has 92 valence electrons. The molecule has 0 aromatic rings. The lowest BCUT2D eigenvalue weighted by molar-refractivity contribution is 0.359. The van der Waals surface area contributed by atoms with E-state index < -0.39 is 0 Å². The first-order valence-electron chi connectivity index (χ1n) is 7.08. The standard InChI is InChI=1S/C16H28/c1-5-14-10-9-12-16(7-3,8-4)13-11-15(14)6-2/h9,11-15H,5-8,10H2,1-4H3/t14-,15+/m1/s1. The van der Waals surface area contributed by atoms with Crippen molar-refractivity contribution in [3.8, 4) is 0 Å². The van der Waals surface area contributed by atoms with Gasteiger partial charge in [0.1, 0.15) is 0 Å². The maximum Gasteiger partial charge on any atom is 0.00558 e. The van der Waals surface area contributed by atoms with E-state index in [-0.39, 0.29) is 0 Å². The molecular weight excluding hydrogens is 192 g/mol. The average Bonchev–Trinajstić information content (AvgIpc) is 2.31. The first-order valence-corrected chi connectivity index (χ1v) is 7.08. The fourth-order valence-corrected chi connectivity index (χ4v) is 2.84. The number of allylic oxidation sites excluding steroid dienone is 4. The Hall–Kier alpha value is -0.520. The summed E-state index contributed by atoms with van der Waals surface area (Å²) in [6.45, 7) is 9.25. The minimum absolute atomic E-state index is 0.339. The van der Waals surface area contributed by atoms with Crippen molar-refractivity contribution in [3.63, 3.8) is 0 Å². The maximum absolute atomic E-state index is 2.50. The first-order chi connectivity index (χ1) is 7.71. The van der Waals surface area contributed by atoms with Gasteiger partial charge in [0.25, 0.3) is 0 Å². The van der Waals surface area contributed by atoms with Crippen LogP contribution < -0.4 is 0 Å². The van der Waals surface area contributed by atoms with Gasteiger partial charge in [-0.3, -0.25) is 0 Å². The van der Waals surface area contributed by atoms with Crippen molar-refractivity contribution in [2.75, 3.05) is 0 Å². The highest BCUT2D eigenvalue weighted by atomic mass is 14.3. The molecule has 0 heteroatoms. The van der Waals surface area contributed by atoms with Crippen molar-refractivity contribution in [3.05, 3.63) is 24.3 Å². The first kappa shape index (κ1) is 13.5. The van der Waals surface area contributed by atoms with E-state index in [0.717, 1.165) is 11.8 Å². The monoisotopic (exact) mass is 220 g/mol. The Morgan fingerprint density at radius 3 is 2.19 bits per heavy atom. The van der Waals surface area contributed by atoms with E-state index in [0.29, 0.717) is 5.41 Å². The van der Waals surface area contributed by atoms with E-state index in [1.165, 1.54) is 32.1 Å². The van der Waals surface area contributed by atoms with Crippen molar-refractivity contribution in [2.45, 2.75) is 59.8 Å². The normalized spacial score (nSPS) is 28.8. The van der Waals surface area contributed by atoms with E-state index in [2.05, 4.69) is 52.0 Å². The molecule has 1 rings (SSSR count). The second-order valence-corrected chi connectivity index (χ2v) is 5.18. The van der Waals surface area contributed by atoms with Gasteiger partial charge in [0.15, 0.2) is 0 Å². The Morgan fingerprint density at radius 1 is 1.00 bits per heavy atom. The second-order valence-electron chi connectivity index (χ2n) is 5.18. The Labute approximate surface area is 102 Å². The zero-order valence-electron chi connectivity index (χ0n) is 11.5. The fourth-order valence-electron chi connectivity index (χ4n) is 2.84. The van der Waals surface area contributed by atoms with E-state index in [1.807, 2.05) is 0 Å². The van der Waals surface area contributed by atoms with Crippen LogP contribution in [0, 0.1) is 17.3 Å². The topological polar surface area (TPSA) is 0 Å². The van der Waals surface area contributed by atoms with Crippen LogP contribution in [0.15, 0.2) is 24.3 Å². The van der Waals surface area contributed by atoms with Gasteiger partial charge in [-0.25, -0.2) is 0 Å². The predicted molar refractivity (Wildman–Crippen MR) is 73.5 cm³/mol. The highest BCUT2D eigenvalue weighted by Gasteiger charge is 2.23. The summed E-state index contributed by atoms with van der Waals surface area (Å²) < 4.78 is 0. The van der Waals surface area contributed by atoms with Crippen molar-refractivity contribution in [2.24, 2.45) is 17.3 Å². The van der Waals surface area contributed by atoms with Gasteiger partial charge >= 0.3 is 0 Å². The zero-order valence-corrected chi connectivity index (χ0v) is 11.5. The number of hydrogen-bond acceptors (Lipinski definition) is 0. The van der Waals surface area contributed by atoms with Gasteiger partial charge in [-0.05, 0) is 37.5 Å². The molecule has 0 radical (unpaired) electrons. The lowest BCUT2D eigenvalue weighted by Crippen LogP contribution is -2.18. The summed E-state index contributed by atoms with van der Waals surface area (Å²) in [4.78, 5) is 0. The minimum atomic E-state index is 0.339. The summed E-state index contributed by atoms with van der Waals surface area (Å²) in [5.74, 6) is 1.64. The Kier molecular flexibility index (Phi) is 5.31. The molecule has 0 bridgehead atoms. The third kappa shape index (κ3) is 2.99. The Morgan fingerprint density at radius 2 is 1.69 bits per heavy atom. The molecule has 0 unspecified atom stereocenters. The summed E-state index contributed by atoms with van der Waals surface area (Å²) in [5.41, 5.74) is 0.339. The molecule has 0 N–H and O–H groups in total. The SMILES string of the molecule is CC[C@@H]1CC=CC(CC)(CC)C=C[C@@H]1CC. The summed E-state index contributed by atoms with van der Waals surface area (Å²) >= 11 is 0. The molecule has 0 spiro atoms. The molecule has 0 nitrogen and oxygen atoms in total. The zero-order chi connectivity index (χ0) is 12.0. The van der Waals surface area contributed by atoms with Crippen LogP contribution in [-0.4, -0.2) is 0 Å². The van der Waals surface area contributed by atoms with Gasteiger partial charge in [0.2, 0.25) is 0 Å². The van der Waals surface area contributed by atoms with Gasteiger partial charge in [0, 0.05) is 5.41 Å². The molecule has 1 aliphatic carbocycles. The molecule has 1 aliphatic rings. The van der Waals surface area contributed by atoms with E-state index >= 15 is 0 Å². The highest BCUT2D eigenvalue weighted by Crippen LogP contribution is 2.35. The summed E-state index contributed by atoms with van der Waals surface area (Å²) in [6.07, 6.45) is 16.2. The maximum atomic E-state index is 2.50. The number of rotatable bonds is 4. The third-order valence-electron chi connectivity index (χ3n) is 4.48. The van der Waals surface area contributed by atoms with Crippen molar-refractivity contribution in [1.29, 1.82) is 0 Å². The van der Waals surface area contributed by atoms with Crippen LogP contribution in [0.4, 0.5) is 0 Å². The van der Waals surface area contributed by atoms with Crippen LogP contribution in [0.2, 0.25) is 0 Å². The smallest absolute Gasteiger partial charge is 0.00558 e. The van der Waals surface area contributed by atoms with Gasteiger partial charge < -0.3 is 0 Å². The molecule has 0 saturated heterocycles. The van der Waals surface area contributed by atoms with E-state index in [4.69, 9.17) is 0 Å². The third-order valence-corrected chi connectivity index (χ3v) is 4.48. The molecule has 0 fully saturated rings. The van der Waals surface area contributed by atoms with Crippen LogP contribution in [0.5, 0.6) is 0 Å². The molecule has 0 heterocycles.